The summed E-state index contributed by atoms with van der Waals surface area (Å²) < 4.78 is 23.3. The van der Waals surface area contributed by atoms with Crippen molar-refractivity contribution in [3.05, 3.63) is 0 Å². The third-order valence-electron chi connectivity index (χ3n) is 3.07. The second kappa shape index (κ2) is 5.47. The molecule has 0 aromatic rings. The van der Waals surface area contributed by atoms with E-state index in [1.54, 1.807) is 13.8 Å². The Hall–Kier alpha value is -1.13. The lowest BCUT2D eigenvalue weighted by molar-refractivity contribution is -0.176. The Bertz CT molecular complexity index is 297. The number of ether oxygens (including phenoxy) is 2. The molecular formula is C12H21FO4. The number of methoxy groups -OCH3 is 1. The van der Waals surface area contributed by atoms with Gasteiger partial charge in [-0.15, -0.1) is 0 Å². The maximum absolute atomic E-state index is 14.0. The molecule has 4 nitrogen and oxygen atoms in total. The van der Waals surface area contributed by atoms with Crippen molar-refractivity contribution in [1.82, 2.24) is 0 Å². The highest BCUT2D eigenvalue weighted by atomic mass is 19.1. The van der Waals surface area contributed by atoms with Crippen LogP contribution in [0.2, 0.25) is 0 Å². The van der Waals surface area contributed by atoms with Gasteiger partial charge in [-0.3, -0.25) is 4.79 Å². The average Bonchev–Trinajstić information content (AvgIpc) is 2.27. The smallest absolute Gasteiger partial charge is 0.347 e. The summed E-state index contributed by atoms with van der Waals surface area (Å²) in [6, 6.07) is 0. The van der Waals surface area contributed by atoms with Gasteiger partial charge in [-0.25, -0.2) is 9.18 Å². The molecular weight excluding hydrogens is 227 g/mol. The number of alkyl halides is 1. The van der Waals surface area contributed by atoms with Crippen LogP contribution < -0.4 is 0 Å². The van der Waals surface area contributed by atoms with Crippen LogP contribution in [0.5, 0.6) is 0 Å². The molecule has 0 radical (unpaired) electrons. The quantitative estimate of drug-likeness (QED) is 0.700. The van der Waals surface area contributed by atoms with Crippen LogP contribution in [0.15, 0.2) is 0 Å². The zero-order valence-electron chi connectivity index (χ0n) is 11.3. The molecule has 0 saturated heterocycles. The largest absolute Gasteiger partial charge is 0.467 e. The van der Waals surface area contributed by atoms with E-state index in [1.807, 2.05) is 6.92 Å². The van der Waals surface area contributed by atoms with Gasteiger partial charge in [0, 0.05) is 0 Å². The van der Waals surface area contributed by atoms with Crippen LogP contribution in [-0.2, 0) is 19.1 Å². The number of hydrogen-bond donors (Lipinski definition) is 0. The molecule has 0 aliphatic carbocycles. The van der Waals surface area contributed by atoms with Gasteiger partial charge in [-0.05, 0) is 34.1 Å². The fraction of sp³-hybridized carbons (Fsp3) is 0.833. The summed E-state index contributed by atoms with van der Waals surface area (Å²) in [7, 11) is 1.09. The molecule has 0 aromatic carbocycles. The van der Waals surface area contributed by atoms with Crippen molar-refractivity contribution < 1.29 is 23.5 Å². The molecule has 0 fully saturated rings. The van der Waals surface area contributed by atoms with E-state index >= 15 is 0 Å². The highest BCUT2D eigenvalue weighted by Crippen LogP contribution is 2.26. The van der Waals surface area contributed by atoms with Crippen LogP contribution in [0.25, 0.3) is 0 Å². The summed E-state index contributed by atoms with van der Waals surface area (Å²) in [5, 5.41) is 0. The van der Waals surface area contributed by atoms with Crippen molar-refractivity contribution in [2.75, 3.05) is 7.11 Å². The lowest BCUT2D eigenvalue weighted by Crippen LogP contribution is -2.45. The standard InChI is InChI=1S/C12H21FO4/c1-7-11(3,4)9(14)17-8(2)12(5,13)10(15)16-6/h8H,7H2,1-6H3. The summed E-state index contributed by atoms with van der Waals surface area (Å²) >= 11 is 0. The Morgan fingerprint density at radius 1 is 1.24 bits per heavy atom. The predicted octanol–water partition coefficient (Wildman–Crippen LogP) is 2.26. The van der Waals surface area contributed by atoms with Crippen LogP contribution in [0, 0.1) is 5.41 Å². The summed E-state index contributed by atoms with van der Waals surface area (Å²) in [5.41, 5.74) is -3.03. The zero-order valence-corrected chi connectivity index (χ0v) is 11.3. The van der Waals surface area contributed by atoms with Crippen LogP contribution in [0.4, 0.5) is 4.39 Å². The van der Waals surface area contributed by atoms with E-state index in [9.17, 15) is 14.0 Å². The second-order valence-corrected chi connectivity index (χ2v) is 4.85. The van der Waals surface area contributed by atoms with Crippen molar-refractivity contribution in [3.63, 3.8) is 0 Å². The minimum atomic E-state index is -2.34. The van der Waals surface area contributed by atoms with Gasteiger partial charge in [0.15, 0.2) is 0 Å². The summed E-state index contributed by atoms with van der Waals surface area (Å²) in [6.45, 7) is 7.61. The molecule has 0 aromatic heterocycles. The lowest BCUT2D eigenvalue weighted by atomic mass is 9.90. The third kappa shape index (κ3) is 3.68. The minimum Gasteiger partial charge on any atom is -0.467 e. The number of carbonyl (C=O) groups is 2. The van der Waals surface area contributed by atoms with E-state index in [2.05, 4.69) is 4.74 Å². The highest BCUT2D eigenvalue weighted by Gasteiger charge is 2.44. The number of halogens is 1. The molecule has 2 unspecified atom stereocenters. The first kappa shape index (κ1) is 15.9. The molecule has 2 atom stereocenters. The number of carbonyl (C=O) groups excluding carboxylic acids is 2. The molecule has 0 rings (SSSR count). The van der Waals surface area contributed by atoms with Crippen molar-refractivity contribution in [1.29, 1.82) is 0 Å². The topological polar surface area (TPSA) is 52.6 Å². The fourth-order valence-corrected chi connectivity index (χ4v) is 0.941. The Morgan fingerprint density at radius 2 is 1.71 bits per heavy atom. The Labute approximate surface area is 101 Å². The molecule has 0 bridgehead atoms. The molecule has 0 N–H and O–H groups in total. The van der Waals surface area contributed by atoms with Crippen molar-refractivity contribution in [3.8, 4) is 0 Å². The molecule has 0 aliphatic rings. The molecule has 0 spiro atoms. The second-order valence-electron chi connectivity index (χ2n) is 4.85. The van der Waals surface area contributed by atoms with E-state index in [1.165, 1.54) is 6.92 Å². The van der Waals surface area contributed by atoms with Gasteiger partial charge in [-0.1, -0.05) is 6.92 Å². The summed E-state index contributed by atoms with van der Waals surface area (Å²) in [4.78, 5) is 22.9. The van der Waals surface area contributed by atoms with Gasteiger partial charge in [0.1, 0.15) is 6.10 Å². The summed E-state index contributed by atoms with van der Waals surface area (Å²) in [5.74, 6) is -1.58. The monoisotopic (exact) mass is 248 g/mol. The first-order valence-corrected chi connectivity index (χ1v) is 5.58. The van der Waals surface area contributed by atoms with Gasteiger partial charge < -0.3 is 9.47 Å². The van der Waals surface area contributed by atoms with E-state index in [-0.39, 0.29) is 0 Å². The van der Waals surface area contributed by atoms with Gasteiger partial charge in [-0.2, -0.15) is 0 Å². The first-order valence-electron chi connectivity index (χ1n) is 5.58. The van der Waals surface area contributed by atoms with Crippen LogP contribution in [0.1, 0.15) is 41.0 Å². The average molecular weight is 248 g/mol. The van der Waals surface area contributed by atoms with Gasteiger partial charge >= 0.3 is 11.9 Å². The molecule has 0 heterocycles. The Kier molecular flexibility index (Phi) is 5.11. The summed E-state index contributed by atoms with van der Waals surface area (Å²) in [6.07, 6.45) is -0.618. The predicted molar refractivity (Wildman–Crippen MR) is 61.2 cm³/mol. The fourth-order valence-electron chi connectivity index (χ4n) is 0.941. The molecule has 17 heavy (non-hydrogen) atoms. The SMILES string of the molecule is CCC(C)(C)C(=O)OC(C)C(C)(F)C(=O)OC. The molecule has 0 aliphatic heterocycles. The van der Waals surface area contributed by atoms with Crippen LogP contribution >= 0.6 is 0 Å². The zero-order chi connectivity index (χ0) is 13.9. The number of hydrogen-bond acceptors (Lipinski definition) is 4. The lowest BCUT2D eigenvalue weighted by Gasteiger charge is -2.28. The van der Waals surface area contributed by atoms with Crippen LogP contribution in [-0.4, -0.2) is 30.8 Å². The minimum absolute atomic E-state index is 0.528. The van der Waals surface area contributed by atoms with E-state index < -0.39 is 29.1 Å². The third-order valence-corrected chi connectivity index (χ3v) is 3.07. The van der Waals surface area contributed by atoms with E-state index in [4.69, 9.17) is 4.74 Å². The molecule has 5 heteroatoms. The maximum Gasteiger partial charge on any atom is 0.347 e. The van der Waals surface area contributed by atoms with Gasteiger partial charge in [0.05, 0.1) is 12.5 Å². The van der Waals surface area contributed by atoms with Gasteiger partial charge in [0.25, 0.3) is 0 Å². The molecule has 100 valence electrons. The number of rotatable bonds is 5. The maximum atomic E-state index is 14.0. The van der Waals surface area contributed by atoms with Gasteiger partial charge in [0.2, 0.25) is 5.67 Å². The first-order chi connectivity index (χ1) is 7.59. The van der Waals surface area contributed by atoms with Crippen molar-refractivity contribution >= 4 is 11.9 Å². The van der Waals surface area contributed by atoms with E-state index in [0.717, 1.165) is 14.0 Å². The highest BCUT2D eigenvalue weighted by molar-refractivity contribution is 5.81. The normalized spacial score (nSPS) is 16.9. The van der Waals surface area contributed by atoms with E-state index in [0.29, 0.717) is 6.42 Å². The Balaban J connectivity index is 4.71. The van der Waals surface area contributed by atoms with Crippen LogP contribution in [0.3, 0.4) is 0 Å². The molecule has 0 amide bonds. The number of esters is 2. The molecule has 0 saturated carbocycles. The van der Waals surface area contributed by atoms with Crippen molar-refractivity contribution in [2.45, 2.75) is 52.8 Å². The van der Waals surface area contributed by atoms with Crippen molar-refractivity contribution in [2.24, 2.45) is 5.41 Å². The Morgan fingerprint density at radius 3 is 2.06 bits per heavy atom.